The molecule has 11 heteroatoms. The minimum Gasteiger partial charge on any atom is -0.497 e. The highest BCUT2D eigenvalue weighted by molar-refractivity contribution is 7.92. The molecule has 0 fully saturated rings. The predicted octanol–water partition coefficient (Wildman–Crippen LogP) is 4.35. The van der Waals surface area contributed by atoms with Crippen molar-refractivity contribution in [1.29, 1.82) is 0 Å². The number of nitrogens with one attached hydrogen (secondary N) is 1. The predicted molar refractivity (Wildman–Crippen MR) is 144 cm³/mol. The first-order chi connectivity index (χ1) is 16.9. The molecule has 2 aromatic rings. The Bertz CT molecular complexity index is 1170. The van der Waals surface area contributed by atoms with Gasteiger partial charge in [0.15, 0.2) is 0 Å². The van der Waals surface area contributed by atoms with Crippen LogP contribution in [0.1, 0.15) is 32.8 Å². The van der Waals surface area contributed by atoms with Crippen molar-refractivity contribution in [2.45, 2.75) is 39.8 Å². The van der Waals surface area contributed by atoms with E-state index in [1.54, 1.807) is 43.3 Å². The third-order valence-corrected chi connectivity index (χ3v) is 7.31. The largest absolute Gasteiger partial charge is 0.497 e. The smallest absolute Gasteiger partial charge is 0.244 e. The summed E-state index contributed by atoms with van der Waals surface area (Å²) in [5.41, 5.74) is 0.928. The molecule has 0 aliphatic heterocycles. The van der Waals surface area contributed by atoms with Crippen molar-refractivity contribution in [1.82, 2.24) is 10.2 Å². The van der Waals surface area contributed by atoms with Crippen molar-refractivity contribution in [3.63, 3.8) is 0 Å². The summed E-state index contributed by atoms with van der Waals surface area (Å²) < 4.78 is 31.6. The summed E-state index contributed by atoms with van der Waals surface area (Å²) in [5.74, 6) is -0.187. The van der Waals surface area contributed by atoms with Gasteiger partial charge in [-0.1, -0.05) is 56.1 Å². The fourth-order valence-corrected chi connectivity index (χ4v) is 4.72. The van der Waals surface area contributed by atoms with Gasteiger partial charge in [0.2, 0.25) is 21.8 Å². The molecule has 0 aliphatic rings. The maximum Gasteiger partial charge on any atom is 0.244 e. The van der Waals surface area contributed by atoms with E-state index >= 15 is 0 Å². The van der Waals surface area contributed by atoms with Crippen LogP contribution in [0.25, 0.3) is 0 Å². The Morgan fingerprint density at radius 3 is 2.33 bits per heavy atom. The van der Waals surface area contributed by atoms with E-state index in [9.17, 15) is 18.0 Å². The molecular weight excluding hydrogens is 525 g/mol. The molecule has 36 heavy (non-hydrogen) atoms. The monoisotopic (exact) mass is 557 g/mol. The summed E-state index contributed by atoms with van der Waals surface area (Å²) in [7, 11) is -2.37. The lowest BCUT2D eigenvalue weighted by atomic mass is 10.1. The zero-order valence-corrected chi connectivity index (χ0v) is 23.5. The highest BCUT2D eigenvalue weighted by atomic mass is 35.5. The average Bonchev–Trinajstić information content (AvgIpc) is 2.82. The van der Waals surface area contributed by atoms with Crippen molar-refractivity contribution < 1.29 is 22.7 Å². The summed E-state index contributed by atoms with van der Waals surface area (Å²) in [4.78, 5) is 28.1. The summed E-state index contributed by atoms with van der Waals surface area (Å²) in [5, 5.41) is 3.55. The molecular formula is C25H33Cl2N3O5S. The highest BCUT2D eigenvalue weighted by Gasteiger charge is 2.32. The first-order valence-corrected chi connectivity index (χ1v) is 14.1. The molecule has 0 aliphatic carbocycles. The Kier molecular flexibility index (Phi) is 10.9. The number of rotatable bonds is 12. The van der Waals surface area contributed by atoms with Crippen LogP contribution in [0.2, 0.25) is 10.0 Å². The Balaban J connectivity index is 2.46. The molecule has 1 unspecified atom stereocenters. The maximum absolute atomic E-state index is 13.7. The van der Waals surface area contributed by atoms with Crippen LogP contribution in [0.5, 0.6) is 5.75 Å². The molecule has 0 heterocycles. The number of carbonyl (C=O) groups excluding carboxylic acids is 2. The van der Waals surface area contributed by atoms with Crippen molar-refractivity contribution in [3.8, 4) is 5.75 Å². The van der Waals surface area contributed by atoms with Crippen molar-refractivity contribution in [3.05, 3.63) is 58.1 Å². The number of hydrogen-bond acceptors (Lipinski definition) is 5. The lowest BCUT2D eigenvalue weighted by Crippen LogP contribution is -2.52. The zero-order valence-electron chi connectivity index (χ0n) is 21.1. The molecule has 0 aromatic heterocycles. The summed E-state index contributed by atoms with van der Waals surface area (Å²) in [6.07, 6.45) is 1.35. The van der Waals surface area contributed by atoms with Gasteiger partial charge >= 0.3 is 0 Å². The van der Waals surface area contributed by atoms with Gasteiger partial charge in [0.1, 0.15) is 18.3 Å². The van der Waals surface area contributed by atoms with E-state index in [2.05, 4.69) is 5.32 Å². The third-order valence-electron chi connectivity index (χ3n) is 5.43. The Morgan fingerprint density at radius 1 is 1.08 bits per heavy atom. The molecule has 8 nitrogen and oxygen atoms in total. The van der Waals surface area contributed by atoms with E-state index in [-0.39, 0.29) is 24.1 Å². The molecule has 0 spiro atoms. The van der Waals surface area contributed by atoms with Crippen LogP contribution < -0.4 is 14.4 Å². The van der Waals surface area contributed by atoms with Gasteiger partial charge in [0.05, 0.1) is 29.1 Å². The minimum absolute atomic E-state index is 0.0407. The van der Waals surface area contributed by atoms with Gasteiger partial charge in [-0.15, -0.1) is 0 Å². The van der Waals surface area contributed by atoms with E-state index in [4.69, 9.17) is 27.9 Å². The average molecular weight is 559 g/mol. The van der Waals surface area contributed by atoms with Crippen molar-refractivity contribution in [2.24, 2.45) is 5.92 Å². The number of amides is 2. The zero-order chi connectivity index (χ0) is 27.0. The summed E-state index contributed by atoms with van der Waals surface area (Å²) in [6, 6.07) is 10.5. The molecule has 0 saturated heterocycles. The lowest BCUT2D eigenvalue weighted by Gasteiger charge is -2.33. The molecule has 0 radical (unpaired) electrons. The van der Waals surface area contributed by atoms with Crippen LogP contribution in [0.4, 0.5) is 5.69 Å². The van der Waals surface area contributed by atoms with Crippen LogP contribution >= 0.6 is 23.2 Å². The van der Waals surface area contributed by atoms with Crippen LogP contribution in [0.15, 0.2) is 42.5 Å². The molecule has 0 bridgehead atoms. The van der Waals surface area contributed by atoms with Gasteiger partial charge in [-0.3, -0.25) is 13.9 Å². The second-order valence-electron chi connectivity index (χ2n) is 8.80. The number of anilines is 1. The second-order valence-corrected chi connectivity index (χ2v) is 11.5. The van der Waals surface area contributed by atoms with Crippen LogP contribution in [-0.4, -0.2) is 57.6 Å². The van der Waals surface area contributed by atoms with E-state index < -0.39 is 28.5 Å². The Morgan fingerprint density at radius 2 is 1.78 bits per heavy atom. The van der Waals surface area contributed by atoms with Crippen LogP contribution in [0.3, 0.4) is 0 Å². The number of sulfonamides is 1. The normalized spacial score (nSPS) is 12.2. The number of halogens is 2. The molecule has 2 aromatic carbocycles. The number of methoxy groups -OCH3 is 1. The highest BCUT2D eigenvalue weighted by Crippen LogP contribution is 2.26. The third kappa shape index (κ3) is 8.28. The van der Waals surface area contributed by atoms with Gasteiger partial charge < -0.3 is 15.0 Å². The first-order valence-electron chi connectivity index (χ1n) is 11.5. The van der Waals surface area contributed by atoms with Gasteiger partial charge in [-0.2, -0.15) is 0 Å². The maximum atomic E-state index is 13.7. The topological polar surface area (TPSA) is 96.0 Å². The van der Waals surface area contributed by atoms with Gasteiger partial charge in [-0.05, 0) is 42.2 Å². The van der Waals surface area contributed by atoms with Crippen LogP contribution in [-0.2, 0) is 26.2 Å². The SMILES string of the molecule is CCC(C(=O)NCC(C)C)N(Cc1ccc(Cl)c(Cl)c1)C(=O)CN(c1cccc(OC)c1)S(C)(=O)=O. The van der Waals surface area contributed by atoms with E-state index in [0.717, 1.165) is 10.6 Å². The Labute approximate surface area is 223 Å². The fourth-order valence-electron chi connectivity index (χ4n) is 3.56. The van der Waals surface area contributed by atoms with Gasteiger partial charge in [0, 0.05) is 19.2 Å². The molecule has 1 N–H and O–H groups in total. The molecule has 198 valence electrons. The van der Waals surface area contributed by atoms with Gasteiger partial charge in [0.25, 0.3) is 0 Å². The molecule has 0 saturated carbocycles. The molecule has 2 amide bonds. The first kappa shape index (κ1) is 29.7. The second kappa shape index (κ2) is 13.2. The fraction of sp³-hybridized carbons (Fsp3) is 0.440. The molecule has 2 rings (SSSR count). The van der Waals surface area contributed by atoms with Crippen LogP contribution in [0, 0.1) is 5.92 Å². The lowest BCUT2D eigenvalue weighted by molar-refractivity contribution is -0.140. The summed E-state index contributed by atoms with van der Waals surface area (Å²) in [6.45, 7) is 5.73. The number of nitrogens with zero attached hydrogens (tertiary/aromatic N) is 2. The van der Waals surface area contributed by atoms with Gasteiger partial charge in [-0.25, -0.2) is 8.42 Å². The molecule has 1 atom stereocenters. The van der Waals surface area contributed by atoms with Crippen molar-refractivity contribution >= 4 is 50.7 Å². The number of hydrogen-bond donors (Lipinski definition) is 1. The number of benzene rings is 2. The van der Waals surface area contributed by atoms with E-state index in [1.807, 2.05) is 13.8 Å². The van der Waals surface area contributed by atoms with E-state index in [0.29, 0.717) is 34.3 Å². The standard InChI is InChI=1S/C25H33Cl2N3O5S/c1-6-23(25(32)28-14-17(2)3)29(15-18-10-11-21(26)22(27)12-18)24(31)16-30(36(5,33)34)19-8-7-9-20(13-19)35-4/h7-13,17,23H,6,14-16H2,1-5H3,(H,28,32). The van der Waals surface area contributed by atoms with E-state index in [1.165, 1.54) is 18.1 Å². The number of ether oxygens (including phenoxy) is 1. The summed E-state index contributed by atoms with van der Waals surface area (Å²) >= 11 is 12.2. The number of carbonyl (C=O) groups is 2. The minimum atomic E-state index is -3.84. The van der Waals surface area contributed by atoms with Crippen molar-refractivity contribution in [2.75, 3.05) is 30.8 Å². The quantitative estimate of drug-likeness (QED) is 0.418. The Hall–Kier alpha value is -2.49.